The minimum absolute atomic E-state index is 0.163. The van der Waals surface area contributed by atoms with Gasteiger partial charge in [-0.3, -0.25) is 4.79 Å². The Bertz CT molecular complexity index is 445. The molecule has 3 nitrogen and oxygen atoms in total. The largest absolute Gasteiger partial charge is 0.416 e. The number of nitrogens with two attached hydrogens (primary N) is 2. The third-order valence-electron chi connectivity index (χ3n) is 2.53. The number of hydrogen-bond donors (Lipinski definition) is 2. The maximum atomic E-state index is 12.8. The molecule has 0 aliphatic heterocycles. The molecule has 0 saturated heterocycles. The van der Waals surface area contributed by atoms with Crippen LogP contribution in [0.5, 0.6) is 0 Å². The molecule has 0 fully saturated rings. The van der Waals surface area contributed by atoms with Crippen molar-refractivity contribution in [3.63, 3.8) is 0 Å². The topological polar surface area (TPSA) is 69.1 Å². The molecule has 0 aromatic heterocycles. The van der Waals surface area contributed by atoms with Gasteiger partial charge < -0.3 is 11.5 Å². The van der Waals surface area contributed by atoms with Gasteiger partial charge in [0.2, 0.25) is 5.91 Å². The summed E-state index contributed by atoms with van der Waals surface area (Å²) in [4.78, 5) is 10.9. The van der Waals surface area contributed by atoms with Crippen LogP contribution in [0.1, 0.15) is 11.1 Å². The number of amides is 1. The smallest absolute Gasteiger partial charge is 0.369 e. The van der Waals surface area contributed by atoms with Gasteiger partial charge in [-0.25, -0.2) is 4.39 Å². The Morgan fingerprint density at radius 1 is 1.33 bits per heavy atom. The molecule has 1 rings (SSSR count). The van der Waals surface area contributed by atoms with Crippen LogP contribution in [0.3, 0.4) is 0 Å². The van der Waals surface area contributed by atoms with Crippen LogP contribution < -0.4 is 11.5 Å². The van der Waals surface area contributed by atoms with Gasteiger partial charge in [-0.1, -0.05) is 6.07 Å². The first kappa shape index (κ1) is 14.4. The van der Waals surface area contributed by atoms with Crippen molar-refractivity contribution in [1.29, 1.82) is 0 Å². The second-order valence-electron chi connectivity index (χ2n) is 3.84. The molecule has 18 heavy (non-hydrogen) atoms. The zero-order valence-electron chi connectivity index (χ0n) is 9.30. The summed E-state index contributed by atoms with van der Waals surface area (Å²) in [5, 5.41) is 0. The molecule has 1 aromatic rings. The predicted molar refractivity (Wildman–Crippen MR) is 56.8 cm³/mol. The third kappa shape index (κ3) is 3.43. The lowest BCUT2D eigenvalue weighted by atomic mass is 9.94. The number of primary amides is 1. The number of alkyl halides is 3. The van der Waals surface area contributed by atoms with Gasteiger partial charge in [0, 0.05) is 6.54 Å². The van der Waals surface area contributed by atoms with E-state index in [0.29, 0.717) is 6.07 Å². The molecule has 0 aliphatic rings. The van der Waals surface area contributed by atoms with E-state index < -0.39 is 29.4 Å². The van der Waals surface area contributed by atoms with Crippen molar-refractivity contribution in [1.82, 2.24) is 0 Å². The lowest BCUT2D eigenvalue weighted by Gasteiger charge is -2.16. The van der Waals surface area contributed by atoms with E-state index in [0.717, 1.165) is 12.1 Å². The van der Waals surface area contributed by atoms with Crippen molar-refractivity contribution in [3.8, 4) is 0 Å². The molecule has 0 heterocycles. The van der Waals surface area contributed by atoms with Gasteiger partial charge in [-0.2, -0.15) is 13.2 Å². The first-order chi connectivity index (χ1) is 8.25. The van der Waals surface area contributed by atoms with E-state index >= 15 is 0 Å². The van der Waals surface area contributed by atoms with Gasteiger partial charge in [-0.05, 0) is 24.1 Å². The van der Waals surface area contributed by atoms with E-state index in [-0.39, 0.29) is 18.5 Å². The van der Waals surface area contributed by atoms with Gasteiger partial charge in [0.1, 0.15) is 5.82 Å². The first-order valence-corrected chi connectivity index (χ1v) is 5.10. The molecule has 0 bridgehead atoms. The van der Waals surface area contributed by atoms with Crippen LogP contribution >= 0.6 is 0 Å². The van der Waals surface area contributed by atoms with E-state index in [9.17, 15) is 22.4 Å². The Kier molecular flexibility index (Phi) is 4.28. The minimum atomic E-state index is -4.69. The number of hydrogen-bond acceptors (Lipinski definition) is 2. The SMILES string of the molecule is NCC(Cc1ccc(F)cc1C(F)(F)F)C(N)=O. The molecule has 0 spiro atoms. The zero-order chi connectivity index (χ0) is 13.9. The Labute approximate surface area is 101 Å². The molecule has 0 saturated carbocycles. The maximum absolute atomic E-state index is 12.8. The molecule has 0 radical (unpaired) electrons. The second kappa shape index (κ2) is 5.34. The standard InChI is InChI=1S/C11H12F4N2O/c12-8-2-1-6(3-7(5-16)10(17)18)9(4-8)11(13,14)15/h1-2,4,7H,3,5,16H2,(H2,17,18). The highest BCUT2D eigenvalue weighted by atomic mass is 19.4. The number of rotatable bonds is 4. The van der Waals surface area contributed by atoms with E-state index in [4.69, 9.17) is 11.5 Å². The van der Waals surface area contributed by atoms with Crippen molar-refractivity contribution in [2.75, 3.05) is 6.54 Å². The lowest BCUT2D eigenvalue weighted by Crippen LogP contribution is -2.32. The molecule has 1 aromatic carbocycles. The summed E-state index contributed by atoms with van der Waals surface area (Å²) in [6.45, 7) is -0.163. The van der Waals surface area contributed by atoms with Crippen LogP contribution in [-0.4, -0.2) is 12.5 Å². The number of carbonyl (C=O) groups is 1. The van der Waals surface area contributed by atoms with Crippen LogP contribution in [0.4, 0.5) is 17.6 Å². The van der Waals surface area contributed by atoms with Crippen molar-refractivity contribution in [3.05, 3.63) is 35.1 Å². The average molecular weight is 264 g/mol. The summed E-state index contributed by atoms with van der Waals surface area (Å²) in [7, 11) is 0. The van der Waals surface area contributed by atoms with Crippen molar-refractivity contribution >= 4 is 5.91 Å². The number of benzene rings is 1. The fraction of sp³-hybridized carbons (Fsp3) is 0.364. The summed E-state index contributed by atoms with van der Waals surface area (Å²) < 4.78 is 50.8. The first-order valence-electron chi connectivity index (χ1n) is 5.10. The Hall–Kier alpha value is -1.63. The molecular formula is C11H12F4N2O. The summed E-state index contributed by atoms with van der Waals surface area (Å²) in [5.74, 6) is -2.68. The van der Waals surface area contributed by atoms with Crippen molar-refractivity contribution in [2.24, 2.45) is 17.4 Å². The molecule has 1 amide bonds. The van der Waals surface area contributed by atoms with Crippen LogP contribution in [-0.2, 0) is 17.4 Å². The van der Waals surface area contributed by atoms with Gasteiger partial charge in [0.25, 0.3) is 0 Å². The third-order valence-corrected chi connectivity index (χ3v) is 2.53. The van der Waals surface area contributed by atoms with E-state index in [2.05, 4.69) is 0 Å². The minimum Gasteiger partial charge on any atom is -0.369 e. The van der Waals surface area contributed by atoms with Crippen LogP contribution in [0.2, 0.25) is 0 Å². The molecule has 0 aliphatic carbocycles. The van der Waals surface area contributed by atoms with Gasteiger partial charge >= 0.3 is 6.18 Å². The quantitative estimate of drug-likeness (QED) is 0.808. The zero-order valence-corrected chi connectivity index (χ0v) is 9.30. The Morgan fingerprint density at radius 3 is 2.39 bits per heavy atom. The Morgan fingerprint density at radius 2 is 1.94 bits per heavy atom. The fourth-order valence-corrected chi connectivity index (χ4v) is 1.56. The predicted octanol–water partition coefficient (Wildman–Crippen LogP) is 1.45. The summed E-state index contributed by atoms with van der Waals surface area (Å²) in [5.41, 5.74) is 8.96. The van der Waals surface area contributed by atoms with Gasteiger partial charge in [0.15, 0.2) is 0 Å². The molecule has 1 atom stereocenters. The van der Waals surface area contributed by atoms with E-state index in [1.165, 1.54) is 0 Å². The maximum Gasteiger partial charge on any atom is 0.416 e. The highest BCUT2D eigenvalue weighted by Gasteiger charge is 2.34. The van der Waals surface area contributed by atoms with Gasteiger partial charge in [0.05, 0.1) is 11.5 Å². The van der Waals surface area contributed by atoms with Gasteiger partial charge in [-0.15, -0.1) is 0 Å². The van der Waals surface area contributed by atoms with E-state index in [1.807, 2.05) is 0 Å². The summed E-state index contributed by atoms with van der Waals surface area (Å²) in [6, 6.07) is 2.28. The molecular weight excluding hydrogens is 252 g/mol. The Balaban J connectivity index is 3.12. The van der Waals surface area contributed by atoms with Crippen molar-refractivity contribution < 1.29 is 22.4 Å². The monoisotopic (exact) mass is 264 g/mol. The molecule has 4 N–H and O–H groups in total. The highest BCUT2D eigenvalue weighted by molar-refractivity contribution is 5.77. The summed E-state index contributed by atoms with van der Waals surface area (Å²) >= 11 is 0. The normalized spacial score (nSPS) is 13.4. The van der Waals surface area contributed by atoms with Crippen molar-refractivity contribution in [2.45, 2.75) is 12.6 Å². The molecule has 7 heteroatoms. The van der Waals surface area contributed by atoms with E-state index in [1.54, 1.807) is 0 Å². The van der Waals surface area contributed by atoms with Crippen LogP contribution in [0.25, 0.3) is 0 Å². The number of carbonyl (C=O) groups excluding carboxylic acids is 1. The second-order valence-corrected chi connectivity index (χ2v) is 3.84. The number of halogens is 4. The summed E-state index contributed by atoms with van der Waals surface area (Å²) in [6.07, 6.45) is -4.95. The molecule has 100 valence electrons. The average Bonchev–Trinajstić information content (AvgIpc) is 2.25. The molecule has 1 unspecified atom stereocenters. The van der Waals surface area contributed by atoms with Crippen LogP contribution in [0.15, 0.2) is 18.2 Å². The van der Waals surface area contributed by atoms with Crippen LogP contribution in [0, 0.1) is 11.7 Å². The lowest BCUT2D eigenvalue weighted by molar-refractivity contribution is -0.138. The highest BCUT2D eigenvalue weighted by Crippen LogP contribution is 2.33. The fourth-order valence-electron chi connectivity index (χ4n) is 1.56.